The molecule has 0 aliphatic carbocycles. The molecule has 0 bridgehead atoms. The Labute approximate surface area is 214 Å². The van der Waals surface area contributed by atoms with Gasteiger partial charge in [0.2, 0.25) is 0 Å². The van der Waals surface area contributed by atoms with Gasteiger partial charge in [-0.1, -0.05) is 117 Å². The minimum Gasteiger partial charge on any atom is -0.876 e. The summed E-state index contributed by atoms with van der Waals surface area (Å²) < 4.78 is 4.82. The third kappa shape index (κ3) is 10.7. The van der Waals surface area contributed by atoms with Gasteiger partial charge in [-0.3, -0.25) is 4.99 Å². The Hall–Kier alpha value is -1.92. The first-order chi connectivity index (χ1) is 14.8. The molecule has 33 heavy (non-hydrogen) atoms. The molecule has 0 amide bonds. The van der Waals surface area contributed by atoms with E-state index in [0.29, 0.717) is 5.71 Å². The molecule has 7 heteroatoms. The molecular weight excluding hydrogens is 492 g/mol. The number of aliphatic imine (C=N–C) groups is 1. The monoisotopic (exact) mass is 525 g/mol. The van der Waals surface area contributed by atoms with Crippen molar-refractivity contribution >= 4 is 38.8 Å². The molecule has 3 aromatic rings. The van der Waals surface area contributed by atoms with Crippen LogP contribution in [0.4, 0.5) is 5.69 Å². The fourth-order valence-electron chi connectivity index (χ4n) is 3.51. The van der Waals surface area contributed by atoms with Gasteiger partial charge in [0.25, 0.3) is 0 Å². The Kier molecular flexibility index (Phi) is 11.0. The third-order valence-corrected chi connectivity index (χ3v) is 9.51. The number of pyridine rings is 1. The van der Waals surface area contributed by atoms with Crippen molar-refractivity contribution in [2.45, 2.75) is 53.1 Å². The van der Waals surface area contributed by atoms with E-state index in [-0.39, 0.29) is 25.2 Å². The van der Waals surface area contributed by atoms with Gasteiger partial charge in [0.15, 0.2) is 0 Å². The van der Waals surface area contributed by atoms with Crippen LogP contribution in [0.1, 0.15) is 13.8 Å². The van der Waals surface area contributed by atoms with Crippen LogP contribution >= 0.6 is 0 Å². The zero-order valence-electron chi connectivity index (χ0n) is 21.3. The normalized spacial score (nSPS) is 12.6. The Balaban J connectivity index is 0.000000467. The van der Waals surface area contributed by atoms with Crippen LogP contribution in [0.2, 0.25) is 39.3 Å². The smallest absolute Gasteiger partial charge is 0.876 e. The van der Waals surface area contributed by atoms with Gasteiger partial charge < -0.3 is 9.75 Å². The van der Waals surface area contributed by atoms with Crippen LogP contribution in [0.15, 0.2) is 77.5 Å². The van der Waals surface area contributed by atoms with E-state index in [2.05, 4.69) is 44.3 Å². The topological polar surface area (TPSA) is 62.4 Å². The molecule has 0 unspecified atom stereocenters. The molecule has 1 aromatic heterocycles. The van der Waals surface area contributed by atoms with Crippen LogP contribution in [0, 0.1) is 0 Å². The number of benzene rings is 2. The minimum absolute atomic E-state index is 0. The van der Waals surface area contributed by atoms with E-state index in [9.17, 15) is 5.11 Å². The molecule has 1 heterocycles. The molecule has 0 aliphatic heterocycles. The van der Waals surface area contributed by atoms with Crippen molar-refractivity contribution in [1.82, 2.24) is 4.98 Å². The number of hydrogen-bond acceptors (Lipinski definition) is 3. The van der Waals surface area contributed by atoms with Crippen molar-refractivity contribution in [2.24, 2.45) is 4.99 Å². The number of nitrogens with zero attached hydrogens (tertiary/aromatic N) is 3. The van der Waals surface area contributed by atoms with E-state index in [4.69, 9.17) is 9.63 Å². The molecule has 0 fully saturated rings. The fraction of sp³-hybridized carbons (Fsp3) is 0.308. The first kappa shape index (κ1) is 29.1. The van der Waals surface area contributed by atoms with E-state index < -0.39 is 16.5 Å². The second-order valence-electron chi connectivity index (χ2n) is 9.87. The first-order valence-electron chi connectivity index (χ1n) is 10.9. The van der Waals surface area contributed by atoms with Crippen LogP contribution in [-0.4, -0.2) is 27.2 Å². The fourth-order valence-corrected chi connectivity index (χ4v) is 11.6. The molecule has 3 rings (SSSR count). The number of hydrogen-bond donors (Lipinski definition) is 0. The summed E-state index contributed by atoms with van der Waals surface area (Å²) >= 11 is 0. The molecule has 0 saturated heterocycles. The van der Waals surface area contributed by atoms with Gasteiger partial charge in [0.05, 0.1) is 16.9 Å². The van der Waals surface area contributed by atoms with Crippen LogP contribution < -0.4 is 5.11 Å². The maximum atomic E-state index is 11.2. The Morgan fingerprint density at radius 1 is 0.848 bits per heavy atom. The van der Waals surface area contributed by atoms with E-state index in [1.165, 1.54) is 13.0 Å². The summed E-state index contributed by atoms with van der Waals surface area (Å²) in [5, 5.41) is 12.2. The number of aromatic nitrogens is 1. The molecule has 0 spiro atoms. The summed E-state index contributed by atoms with van der Waals surface area (Å²) in [4.78, 5) is 9.31. The van der Waals surface area contributed by atoms with Gasteiger partial charge in [-0.15, -0.1) is 5.76 Å². The molecule has 170 valence electrons. The van der Waals surface area contributed by atoms with E-state index in [1.54, 1.807) is 0 Å². The number of allylic oxidation sites excluding steroid dienone is 2. The summed E-state index contributed by atoms with van der Waals surface area (Å²) in [6, 6.07) is 20.0. The molecule has 0 aliphatic rings. The predicted molar refractivity (Wildman–Crippen MR) is 144 cm³/mol. The van der Waals surface area contributed by atoms with E-state index in [0.717, 1.165) is 27.8 Å². The zero-order valence-corrected chi connectivity index (χ0v) is 26.3. The second-order valence-corrected chi connectivity index (χ2v) is 19.5. The minimum atomic E-state index is -1.11. The molecule has 0 atom stereocenters. The Morgan fingerprint density at radius 2 is 1.45 bits per heavy atom. The van der Waals surface area contributed by atoms with E-state index in [1.807, 2.05) is 67.6 Å². The van der Waals surface area contributed by atoms with Gasteiger partial charge in [0.1, 0.15) is 0 Å². The average Bonchev–Trinajstić information content (AvgIpc) is 2.65. The largest absolute Gasteiger partial charge is 2.00 e. The third-order valence-electron chi connectivity index (χ3n) is 4.15. The first-order valence-corrected chi connectivity index (χ1v) is 17.8. The van der Waals surface area contributed by atoms with Gasteiger partial charge in [-0.05, 0) is 19.1 Å². The van der Waals surface area contributed by atoms with Crippen molar-refractivity contribution < 1.29 is 24.6 Å². The van der Waals surface area contributed by atoms with Crippen molar-refractivity contribution in [1.29, 1.82) is 0 Å². The molecular formula is C26H35N3OSi2Zn. The second kappa shape index (κ2) is 12.5. The number of rotatable bonds is 5. The number of fused-ring (bicyclic) bond motifs is 1. The predicted octanol–water partition coefficient (Wildman–Crippen LogP) is 7.29. The standard InChI is InChI=1S/C20H18N2O.C6H18NSi2.Zn/c1-14(13-15(2)23)21-19-10-6-9-17-11-12-18(22-20(17)19)16-7-4-3-5-8-16;1-8(2,3)7-9(4,5)6;/h3-13,23H,1-2H3;1-6H3;/q;-1;+2/p-1/b15-13-,21-14?;;. The summed E-state index contributed by atoms with van der Waals surface area (Å²) in [5.74, 6) is -0.00980. The van der Waals surface area contributed by atoms with Crippen LogP contribution in [0.25, 0.3) is 26.8 Å². The van der Waals surface area contributed by atoms with Crippen LogP contribution in [0.3, 0.4) is 0 Å². The van der Waals surface area contributed by atoms with Gasteiger partial charge in [-0.2, -0.15) is 0 Å². The molecule has 2 aromatic carbocycles. The van der Waals surface area contributed by atoms with Gasteiger partial charge in [-0.25, -0.2) is 4.98 Å². The summed E-state index contributed by atoms with van der Waals surface area (Å²) in [6.45, 7) is 17.1. The molecule has 0 N–H and O–H groups in total. The average molecular weight is 527 g/mol. The summed E-state index contributed by atoms with van der Waals surface area (Å²) in [5.41, 5.74) is 4.27. The Morgan fingerprint density at radius 3 is 1.97 bits per heavy atom. The van der Waals surface area contributed by atoms with Crippen LogP contribution in [-0.2, 0) is 19.5 Å². The quantitative estimate of drug-likeness (QED) is 0.199. The number of para-hydroxylation sites is 1. The van der Waals surface area contributed by atoms with Crippen molar-refractivity contribution in [3.05, 3.63) is 77.1 Å². The Bertz CT molecular complexity index is 1090. The van der Waals surface area contributed by atoms with Gasteiger partial charge >= 0.3 is 19.5 Å². The maximum Gasteiger partial charge on any atom is 2.00 e. The van der Waals surface area contributed by atoms with Crippen molar-refractivity contribution in [3.8, 4) is 11.3 Å². The summed E-state index contributed by atoms with van der Waals surface area (Å²) in [7, 11) is -2.21. The van der Waals surface area contributed by atoms with Crippen molar-refractivity contribution in [3.63, 3.8) is 0 Å². The van der Waals surface area contributed by atoms with Gasteiger partial charge in [0, 0.05) is 16.7 Å². The SMILES string of the molecule is CC(/C=C(/C)[O-])=Nc1cccc2ccc(-c3ccccc3)nc12.C[Si](C)(C)[N-][Si](C)(C)C.[Zn+2]. The summed E-state index contributed by atoms with van der Waals surface area (Å²) in [6.07, 6.45) is 1.53. The zero-order chi connectivity index (χ0) is 23.9. The van der Waals surface area contributed by atoms with E-state index >= 15 is 0 Å². The maximum absolute atomic E-state index is 11.2. The van der Waals surface area contributed by atoms with Crippen LogP contribution in [0.5, 0.6) is 0 Å². The van der Waals surface area contributed by atoms with Crippen molar-refractivity contribution in [2.75, 3.05) is 0 Å². The molecule has 0 saturated carbocycles. The molecule has 4 nitrogen and oxygen atoms in total. The molecule has 0 radical (unpaired) electrons.